The van der Waals surface area contributed by atoms with E-state index in [-0.39, 0.29) is 0 Å². The molecule has 0 amide bonds. The third kappa shape index (κ3) is 3.00. The normalized spacial score (nSPS) is 19.0. The Morgan fingerprint density at radius 3 is 3.15 bits per heavy atom. The van der Waals surface area contributed by atoms with Gasteiger partial charge < -0.3 is 9.30 Å². The maximum atomic E-state index is 5.89. The largest absolute Gasteiger partial charge is 0.381 e. The van der Waals surface area contributed by atoms with Gasteiger partial charge in [-0.2, -0.15) is 0 Å². The Morgan fingerprint density at radius 2 is 2.40 bits per heavy atom. The zero-order valence-corrected chi connectivity index (χ0v) is 13.5. The SMILES string of the molecule is ClCCc1nc2cc(Br)cnc2n1CCC1CCOC1. The zero-order valence-electron chi connectivity index (χ0n) is 11.2. The number of nitrogens with zero attached hydrogens (tertiary/aromatic N) is 3. The molecule has 1 aliphatic heterocycles. The van der Waals surface area contributed by atoms with E-state index in [4.69, 9.17) is 16.3 Å². The average Bonchev–Trinajstić information content (AvgIpc) is 3.04. The van der Waals surface area contributed by atoms with E-state index in [2.05, 4.69) is 30.5 Å². The van der Waals surface area contributed by atoms with E-state index in [0.717, 1.165) is 60.5 Å². The molecule has 1 aliphatic rings. The van der Waals surface area contributed by atoms with Crippen LogP contribution in [0.4, 0.5) is 0 Å². The second-order valence-electron chi connectivity index (χ2n) is 5.13. The summed E-state index contributed by atoms with van der Waals surface area (Å²) in [5.74, 6) is 2.27. The molecule has 1 unspecified atom stereocenters. The Kier molecular flexibility index (Phi) is 4.58. The van der Waals surface area contributed by atoms with Crippen LogP contribution in [0.25, 0.3) is 11.2 Å². The molecule has 0 radical (unpaired) electrons. The second kappa shape index (κ2) is 6.41. The van der Waals surface area contributed by atoms with E-state index < -0.39 is 0 Å². The Bertz CT molecular complexity index is 595. The molecule has 0 spiro atoms. The van der Waals surface area contributed by atoms with E-state index >= 15 is 0 Å². The predicted octanol–water partition coefficient (Wildman–Crippen LogP) is 3.40. The Hall–Kier alpha value is -0.650. The van der Waals surface area contributed by atoms with E-state index in [1.807, 2.05) is 12.3 Å². The molecule has 2 aromatic heterocycles. The van der Waals surface area contributed by atoms with Gasteiger partial charge in [-0.1, -0.05) is 0 Å². The van der Waals surface area contributed by atoms with Gasteiger partial charge in [0.15, 0.2) is 5.65 Å². The number of ether oxygens (including phenoxy) is 1. The Balaban J connectivity index is 1.87. The number of aromatic nitrogens is 3. The van der Waals surface area contributed by atoms with Gasteiger partial charge in [-0.05, 0) is 40.8 Å². The van der Waals surface area contributed by atoms with Crippen LogP contribution in [0.2, 0.25) is 0 Å². The molecule has 6 heteroatoms. The molecule has 2 aromatic rings. The van der Waals surface area contributed by atoms with Crippen LogP contribution in [0.5, 0.6) is 0 Å². The van der Waals surface area contributed by atoms with Crippen LogP contribution >= 0.6 is 27.5 Å². The van der Waals surface area contributed by atoms with E-state index in [0.29, 0.717) is 11.8 Å². The van der Waals surface area contributed by atoms with Crippen LogP contribution in [-0.4, -0.2) is 33.6 Å². The molecular weight excluding hydrogens is 342 g/mol. The van der Waals surface area contributed by atoms with Crippen LogP contribution in [0.15, 0.2) is 16.7 Å². The van der Waals surface area contributed by atoms with Gasteiger partial charge in [0.05, 0.1) is 0 Å². The minimum Gasteiger partial charge on any atom is -0.381 e. The first kappa shape index (κ1) is 14.3. The van der Waals surface area contributed by atoms with Gasteiger partial charge in [0.1, 0.15) is 11.3 Å². The number of hydrogen-bond acceptors (Lipinski definition) is 3. The fraction of sp³-hybridized carbons (Fsp3) is 0.571. The molecule has 1 fully saturated rings. The highest BCUT2D eigenvalue weighted by atomic mass is 79.9. The fourth-order valence-corrected chi connectivity index (χ4v) is 3.15. The molecule has 1 saturated heterocycles. The molecule has 4 nitrogen and oxygen atoms in total. The van der Waals surface area contributed by atoms with Crippen LogP contribution < -0.4 is 0 Å². The molecule has 3 heterocycles. The summed E-state index contributed by atoms with van der Waals surface area (Å²) in [5, 5.41) is 0. The van der Waals surface area contributed by atoms with Crippen LogP contribution in [0.1, 0.15) is 18.7 Å². The minimum absolute atomic E-state index is 0.580. The van der Waals surface area contributed by atoms with Crippen molar-refractivity contribution in [1.29, 1.82) is 0 Å². The first-order valence-corrected chi connectivity index (χ1v) is 8.25. The molecule has 0 saturated carbocycles. The molecule has 0 aliphatic carbocycles. The number of aryl methyl sites for hydroxylation is 2. The van der Waals surface area contributed by atoms with E-state index in [1.165, 1.54) is 0 Å². The summed E-state index contributed by atoms with van der Waals surface area (Å²) in [6.45, 7) is 2.72. The lowest BCUT2D eigenvalue weighted by Gasteiger charge is -2.11. The number of hydrogen-bond donors (Lipinski definition) is 0. The number of halogens is 2. The maximum Gasteiger partial charge on any atom is 0.160 e. The van der Waals surface area contributed by atoms with Gasteiger partial charge in [0.2, 0.25) is 0 Å². The standard InChI is InChI=1S/C14H17BrClN3O/c15-11-7-12-14(17-8-11)19(13(18-12)1-4-16)5-2-10-3-6-20-9-10/h7-8,10H,1-6,9H2. The van der Waals surface area contributed by atoms with Crippen molar-refractivity contribution in [3.8, 4) is 0 Å². The summed E-state index contributed by atoms with van der Waals surface area (Å²) < 4.78 is 8.61. The van der Waals surface area contributed by atoms with Gasteiger partial charge in [0, 0.05) is 42.7 Å². The van der Waals surface area contributed by atoms with Crippen molar-refractivity contribution >= 4 is 38.7 Å². The maximum absolute atomic E-state index is 5.89. The van der Waals surface area contributed by atoms with Crippen molar-refractivity contribution in [1.82, 2.24) is 14.5 Å². The highest BCUT2D eigenvalue weighted by Gasteiger charge is 2.18. The summed E-state index contributed by atoms with van der Waals surface area (Å²) in [6, 6.07) is 2.01. The predicted molar refractivity (Wildman–Crippen MR) is 83.2 cm³/mol. The highest BCUT2D eigenvalue weighted by molar-refractivity contribution is 9.10. The molecule has 1 atom stereocenters. The third-order valence-electron chi connectivity index (χ3n) is 3.73. The van der Waals surface area contributed by atoms with Gasteiger partial charge in [-0.25, -0.2) is 9.97 Å². The minimum atomic E-state index is 0.580. The van der Waals surface area contributed by atoms with Crippen molar-refractivity contribution in [2.75, 3.05) is 19.1 Å². The smallest absolute Gasteiger partial charge is 0.160 e. The van der Waals surface area contributed by atoms with Crippen molar-refractivity contribution in [3.63, 3.8) is 0 Å². The summed E-state index contributed by atoms with van der Waals surface area (Å²) >= 11 is 9.33. The van der Waals surface area contributed by atoms with Crippen LogP contribution in [-0.2, 0) is 17.7 Å². The quantitative estimate of drug-likeness (QED) is 0.769. The lowest BCUT2D eigenvalue weighted by molar-refractivity contribution is 0.183. The monoisotopic (exact) mass is 357 g/mol. The fourth-order valence-electron chi connectivity index (χ4n) is 2.67. The van der Waals surface area contributed by atoms with Crippen LogP contribution in [0, 0.1) is 5.92 Å². The van der Waals surface area contributed by atoms with Gasteiger partial charge in [-0.3, -0.25) is 0 Å². The number of imidazole rings is 1. The van der Waals surface area contributed by atoms with Gasteiger partial charge in [0.25, 0.3) is 0 Å². The molecule has 0 bridgehead atoms. The Labute approximate surface area is 131 Å². The first-order valence-electron chi connectivity index (χ1n) is 6.92. The zero-order chi connectivity index (χ0) is 13.9. The molecule has 0 N–H and O–H groups in total. The average molecular weight is 359 g/mol. The van der Waals surface area contributed by atoms with Gasteiger partial charge in [-0.15, -0.1) is 11.6 Å². The Morgan fingerprint density at radius 1 is 1.50 bits per heavy atom. The molecular formula is C14H17BrClN3O. The lowest BCUT2D eigenvalue weighted by Crippen LogP contribution is -2.10. The highest BCUT2D eigenvalue weighted by Crippen LogP contribution is 2.22. The number of alkyl halides is 1. The third-order valence-corrected chi connectivity index (χ3v) is 4.36. The van der Waals surface area contributed by atoms with Crippen molar-refractivity contribution in [2.24, 2.45) is 5.92 Å². The number of pyridine rings is 1. The molecule has 20 heavy (non-hydrogen) atoms. The summed E-state index contributed by atoms with van der Waals surface area (Å²) in [7, 11) is 0. The van der Waals surface area contributed by atoms with Crippen LogP contribution in [0.3, 0.4) is 0 Å². The van der Waals surface area contributed by atoms with Crippen molar-refractivity contribution in [2.45, 2.75) is 25.8 Å². The van der Waals surface area contributed by atoms with E-state index in [9.17, 15) is 0 Å². The van der Waals surface area contributed by atoms with E-state index in [1.54, 1.807) is 0 Å². The number of fused-ring (bicyclic) bond motifs is 1. The molecule has 3 rings (SSSR count). The summed E-state index contributed by atoms with van der Waals surface area (Å²) in [5.41, 5.74) is 1.88. The number of rotatable bonds is 5. The molecule has 108 valence electrons. The summed E-state index contributed by atoms with van der Waals surface area (Å²) in [4.78, 5) is 9.17. The van der Waals surface area contributed by atoms with Gasteiger partial charge >= 0.3 is 0 Å². The topological polar surface area (TPSA) is 39.9 Å². The second-order valence-corrected chi connectivity index (χ2v) is 6.43. The summed E-state index contributed by atoms with van der Waals surface area (Å²) in [6.07, 6.45) is 4.87. The first-order chi connectivity index (χ1) is 9.78. The molecule has 0 aromatic carbocycles. The van der Waals surface area contributed by atoms with Crippen molar-refractivity contribution < 1.29 is 4.74 Å². The van der Waals surface area contributed by atoms with Crippen molar-refractivity contribution in [3.05, 3.63) is 22.6 Å². The lowest BCUT2D eigenvalue weighted by atomic mass is 10.1.